The lowest BCUT2D eigenvalue weighted by molar-refractivity contribution is -0.163. The fourth-order valence-corrected chi connectivity index (χ4v) is 4.43. The number of β-lactam (4-membered cyclic amide) rings is 1. The van der Waals surface area contributed by atoms with Crippen molar-refractivity contribution in [2.45, 2.75) is 44.1 Å². The van der Waals surface area contributed by atoms with E-state index in [-0.39, 0.29) is 23.6 Å². The first-order valence-corrected chi connectivity index (χ1v) is 7.46. The number of aliphatic hydroxyl groups excluding tert-OH is 1. The fraction of sp³-hybridized carbons (Fsp3) is 0.692. The van der Waals surface area contributed by atoms with Crippen LogP contribution < -0.4 is 0 Å². The number of fused-ring (bicyclic) bond motifs is 1. The minimum Gasteiger partial charge on any atom is -0.477 e. The molecule has 2 N–H and O–H groups in total. The highest BCUT2D eigenvalue weighted by Crippen LogP contribution is 2.53. The van der Waals surface area contributed by atoms with E-state index < -0.39 is 18.0 Å². The standard InChI is InChI=1S/C13H17NO4S/c1-5-9-8(6(2)15)12(16)14(9)10(13(17)18)11(5)19-7-3-4-7/h5-9,15H,3-4H2,1-2H3,(H,17,18)/t5-,6-,8-,9-/m1/s1. The highest BCUT2D eigenvalue weighted by molar-refractivity contribution is 8.04. The first-order valence-electron chi connectivity index (χ1n) is 6.58. The molecule has 1 amide bonds. The molecule has 104 valence electrons. The van der Waals surface area contributed by atoms with Gasteiger partial charge in [0.05, 0.1) is 18.1 Å². The number of carbonyl (C=O) groups is 2. The van der Waals surface area contributed by atoms with Crippen molar-refractivity contribution in [1.29, 1.82) is 0 Å². The van der Waals surface area contributed by atoms with Gasteiger partial charge in [0.25, 0.3) is 0 Å². The Morgan fingerprint density at radius 1 is 1.47 bits per heavy atom. The van der Waals surface area contributed by atoms with Crippen LogP contribution in [-0.2, 0) is 9.59 Å². The second-order valence-electron chi connectivity index (χ2n) is 5.59. The van der Waals surface area contributed by atoms with Crippen LogP contribution in [0.2, 0.25) is 0 Å². The van der Waals surface area contributed by atoms with Crippen LogP contribution in [0, 0.1) is 11.8 Å². The van der Waals surface area contributed by atoms with E-state index in [4.69, 9.17) is 0 Å². The van der Waals surface area contributed by atoms with Crippen molar-refractivity contribution in [3.05, 3.63) is 10.6 Å². The van der Waals surface area contributed by atoms with Gasteiger partial charge in [0.1, 0.15) is 5.70 Å². The van der Waals surface area contributed by atoms with Gasteiger partial charge < -0.3 is 15.1 Å². The van der Waals surface area contributed by atoms with Gasteiger partial charge in [0.15, 0.2) is 0 Å². The summed E-state index contributed by atoms with van der Waals surface area (Å²) in [5.41, 5.74) is 0.149. The molecule has 0 radical (unpaired) electrons. The summed E-state index contributed by atoms with van der Waals surface area (Å²) in [4.78, 5) is 25.7. The lowest BCUT2D eigenvalue weighted by Crippen LogP contribution is -2.63. The summed E-state index contributed by atoms with van der Waals surface area (Å²) in [7, 11) is 0. The summed E-state index contributed by atoms with van der Waals surface area (Å²) in [6.07, 6.45) is 1.51. The van der Waals surface area contributed by atoms with E-state index in [1.54, 1.807) is 18.7 Å². The number of carboxylic acid groups (broad SMARTS) is 1. The molecule has 3 rings (SSSR count). The molecule has 6 heteroatoms. The van der Waals surface area contributed by atoms with Crippen LogP contribution in [0.15, 0.2) is 10.6 Å². The normalized spacial score (nSPS) is 35.2. The first-order chi connectivity index (χ1) is 8.93. The molecule has 0 aromatic heterocycles. The summed E-state index contributed by atoms with van der Waals surface area (Å²) in [6.45, 7) is 3.55. The third-order valence-electron chi connectivity index (χ3n) is 4.13. The van der Waals surface area contributed by atoms with Gasteiger partial charge in [-0.25, -0.2) is 4.79 Å². The van der Waals surface area contributed by atoms with E-state index in [1.165, 1.54) is 4.90 Å². The number of hydrogen-bond acceptors (Lipinski definition) is 4. The van der Waals surface area contributed by atoms with Crippen LogP contribution >= 0.6 is 11.8 Å². The van der Waals surface area contributed by atoms with Crippen LogP contribution in [0.25, 0.3) is 0 Å². The van der Waals surface area contributed by atoms with Crippen molar-refractivity contribution in [2.24, 2.45) is 11.8 Å². The minimum absolute atomic E-state index is 0.00833. The molecular weight excluding hydrogens is 266 g/mol. The zero-order valence-corrected chi connectivity index (χ0v) is 11.7. The van der Waals surface area contributed by atoms with Gasteiger partial charge in [0, 0.05) is 16.1 Å². The summed E-state index contributed by atoms with van der Waals surface area (Å²) >= 11 is 1.60. The fourth-order valence-electron chi connectivity index (χ4n) is 3.04. The highest BCUT2D eigenvalue weighted by Gasteiger charge is 2.60. The third kappa shape index (κ3) is 1.80. The van der Waals surface area contributed by atoms with Gasteiger partial charge in [-0.1, -0.05) is 6.92 Å². The summed E-state index contributed by atoms with van der Waals surface area (Å²) in [5.74, 6) is -1.74. The molecule has 0 unspecified atom stereocenters. The predicted octanol–water partition coefficient (Wildman–Crippen LogP) is 1.04. The molecule has 1 saturated carbocycles. The lowest BCUT2D eigenvalue weighted by Gasteiger charge is -2.46. The number of nitrogens with zero attached hydrogens (tertiary/aromatic N) is 1. The Labute approximate surface area is 115 Å². The molecule has 0 spiro atoms. The molecule has 1 saturated heterocycles. The predicted molar refractivity (Wildman–Crippen MR) is 70.2 cm³/mol. The second-order valence-corrected chi connectivity index (χ2v) is 6.93. The smallest absolute Gasteiger partial charge is 0.353 e. The number of thioether (sulfide) groups is 1. The van der Waals surface area contributed by atoms with Crippen molar-refractivity contribution >= 4 is 23.6 Å². The molecule has 2 heterocycles. The molecule has 2 aliphatic heterocycles. The average Bonchev–Trinajstić information content (AvgIpc) is 3.07. The van der Waals surface area contributed by atoms with E-state index in [2.05, 4.69) is 0 Å². The van der Waals surface area contributed by atoms with Crippen molar-refractivity contribution in [3.8, 4) is 0 Å². The van der Waals surface area contributed by atoms with Gasteiger partial charge in [-0.3, -0.25) is 4.79 Å². The zero-order valence-electron chi connectivity index (χ0n) is 10.9. The van der Waals surface area contributed by atoms with E-state index >= 15 is 0 Å². The van der Waals surface area contributed by atoms with Crippen molar-refractivity contribution in [1.82, 2.24) is 4.90 Å². The van der Waals surface area contributed by atoms with E-state index in [9.17, 15) is 19.8 Å². The third-order valence-corrected chi connectivity index (χ3v) is 5.75. The Hall–Kier alpha value is -1.01. The summed E-state index contributed by atoms with van der Waals surface area (Å²) in [5, 5.41) is 19.6. The Balaban J connectivity index is 1.93. The number of carboxylic acids is 1. The first kappa shape index (κ1) is 13.0. The topological polar surface area (TPSA) is 77.8 Å². The van der Waals surface area contributed by atoms with Gasteiger partial charge in [-0.2, -0.15) is 0 Å². The van der Waals surface area contributed by atoms with E-state index in [1.807, 2.05) is 6.92 Å². The second kappa shape index (κ2) is 4.24. The number of rotatable bonds is 4. The highest BCUT2D eigenvalue weighted by atomic mass is 32.2. The maximum atomic E-state index is 12.1. The van der Waals surface area contributed by atoms with Crippen molar-refractivity contribution in [3.63, 3.8) is 0 Å². The number of amides is 1. The molecular formula is C13H17NO4S. The number of carbonyl (C=O) groups excluding carboxylic acids is 1. The monoisotopic (exact) mass is 283 g/mol. The van der Waals surface area contributed by atoms with Crippen LogP contribution in [-0.4, -0.2) is 44.4 Å². The Morgan fingerprint density at radius 3 is 2.58 bits per heavy atom. The number of aliphatic carboxylic acids is 1. The Bertz CT molecular complexity index is 483. The average molecular weight is 283 g/mol. The van der Waals surface area contributed by atoms with E-state index in [0.29, 0.717) is 5.25 Å². The number of hydrogen-bond donors (Lipinski definition) is 2. The SMILES string of the molecule is C[C@@H](O)[C@H]1C(=O)N2C(C(=O)O)=C(SC3CC3)[C@H](C)[C@H]12. The van der Waals surface area contributed by atoms with Gasteiger partial charge >= 0.3 is 5.97 Å². The summed E-state index contributed by atoms with van der Waals surface area (Å²) < 4.78 is 0. The van der Waals surface area contributed by atoms with Crippen LogP contribution in [0.4, 0.5) is 0 Å². The molecule has 0 bridgehead atoms. The molecule has 0 aromatic rings. The molecule has 0 aromatic carbocycles. The minimum atomic E-state index is -1.03. The molecule has 4 atom stereocenters. The Morgan fingerprint density at radius 2 is 2.11 bits per heavy atom. The number of aliphatic hydroxyl groups is 1. The molecule has 5 nitrogen and oxygen atoms in total. The Kier molecular flexibility index (Phi) is 2.90. The molecule has 1 aliphatic carbocycles. The molecule has 3 aliphatic rings. The van der Waals surface area contributed by atoms with Crippen molar-refractivity contribution < 1.29 is 19.8 Å². The van der Waals surface area contributed by atoms with Crippen LogP contribution in [0.1, 0.15) is 26.7 Å². The van der Waals surface area contributed by atoms with Crippen LogP contribution in [0.3, 0.4) is 0 Å². The summed E-state index contributed by atoms with van der Waals surface area (Å²) in [6, 6.07) is -0.181. The van der Waals surface area contributed by atoms with Gasteiger partial charge in [-0.15, -0.1) is 11.8 Å². The van der Waals surface area contributed by atoms with Gasteiger partial charge in [-0.05, 0) is 19.8 Å². The largest absolute Gasteiger partial charge is 0.477 e. The molecule has 2 fully saturated rings. The lowest BCUT2D eigenvalue weighted by atomic mass is 9.79. The maximum absolute atomic E-state index is 12.1. The van der Waals surface area contributed by atoms with E-state index in [0.717, 1.165) is 17.7 Å². The quantitative estimate of drug-likeness (QED) is 0.754. The van der Waals surface area contributed by atoms with Crippen LogP contribution in [0.5, 0.6) is 0 Å². The molecule has 19 heavy (non-hydrogen) atoms. The maximum Gasteiger partial charge on any atom is 0.353 e. The van der Waals surface area contributed by atoms with Gasteiger partial charge in [0.2, 0.25) is 5.91 Å². The zero-order chi connectivity index (χ0) is 13.9. The van der Waals surface area contributed by atoms with Crippen molar-refractivity contribution in [2.75, 3.05) is 0 Å².